The maximum Gasteiger partial charge on any atom is 0.0283 e. The van der Waals surface area contributed by atoms with E-state index in [0.29, 0.717) is 5.92 Å². The molecule has 70 valence electrons. The highest BCUT2D eigenvalue weighted by atomic mass is 15.1. The molecule has 0 heterocycles. The first-order valence-electron chi connectivity index (χ1n) is 5.04. The van der Waals surface area contributed by atoms with Gasteiger partial charge in [0.15, 0.2) is 0 Å². The van der Waals surface area contributed by atoms with Gasteiger partial charge in [-0.15, -0.1) is 0 Å². The third-order valence-electron chi connectivity index (χ3n) is 2.99. The zero-order chi connectivity index (χ0) is 9.14. The first kappa shape index (κ1) is 9.63. The third-order valence-corrected chi connectivity index (χ3v) is 2.99. The molecular weight excluding hydrogens is 146 g/mol. The zero-order valence-electron chi connectivity index (χ0n) is 8.64. The minimum atomic E-state index is 0.593. The molecule has 0 saturated heterocycles. The van der Waals surface area contributed by atoms with Gasteiger partial charge < -0.3 is 4.90 Å². The van der Waals surface area contributed by atoms with E-state index in [2.05, 4.69) is 32.4 Å². The quantitative estimate of drug-likeness (QED) is 0.624. The second kappa shape index (κ2) is 3.97. The van der Waals surface area contributed by atoms with Crippen molar-refractivity contribution in [1.82, 2.24) is 4.90 Å². The smallest absolute Gasteiger partial charge is 0.0283 e. The molecule has 0 bridgehead atoms. The number of allylic oxidation sites excluding steroid dienone is 1. The van der Waals surface area contributed by atoms with Gasteiger partial charge in [0.25, 0.3) is 0 Å². The molecule has 0 amide bonds. The lowest BCUT2D eigenvalue weighted by Crippen LogP contribution is -2.29. The Hall–Kier alpha value is -0.460. The summed E-state index contributed by atoms with van der Waals surface area (Å²) in [6.45, 7) is 8.56. The molecule has 0 aromatic rings. The summed E-state index contributed by atoms with van der Waals surface area (Å²) in [6.07, 6.45) is 5.53. The van der Waals surface area contributed by atoms with Crippen LogP contribution in [0, 0.1) is 5.92 Å². The summed E-state index contributed by atoms with van der Waals surface area (Å²) in [4.78, 5) is 2.39. The van der Waals surface area contributed by atoms with Gasteiger partial charge in [0.05, 0.1) is 0 Å². The van der Waals surface area contributed by atoms with Gasteiger partial charge in [0, 0.05) is 18.8 Å². The van der Waals surface area contributed by atoms with Gasteiger partial charge in [-0.05, 0) is 18.8 Å². The zero-order valence-corrected chi connectivity index (χ0v) is 8.64. The molecule has 0 radical (unpaired) electrons. The summed E-state index contributed by atoms with van der Waals surface area (Å²) < 4.78 is 0. The lowest BCUT2D eigenvalue weighted by molar-refractivity contribution is 0.283. The molecule has 1 nitrogen and oxygen atoms in total. The summed E-state index contributed by atoms with van der Waals surface area (Å²) in [5.74, 6) is 0.593. The molecule has 1 aliphatic carbocycles. The van der Waals surface area contributed by atoms with Gasteiger partial charge in [0.2, 0.25) is 0 Å². The topological polar surface area (TPSA) is 3.24 Å². The maximum atomic E-state index is 4.12. The molecule has 0 unspecified atom stereocenters. The van der Waals surface area contributed by atoms with Crippen LogP contribution < -0.4 is 0 Å². The van der Waals surface area contributed by atoms with Gasteiger partial charge >= 0.3 is 0 Å². The van der Waals surface area contributed by atoms with E-state index in [1.165, 1.54) is 31.4 Å². The van der Waals surface area contributed by atoms with Gasteiger partial charge in [-0.3, -0.25) is 0 Å². The van der Waals surface area contributed by atoms with Crippen LogP contribution in [0.15, 0.2) is 12.3 Å². The van der Waals surface area contributed by atoms with Crippen molar-refractivity contribution in [2.45, 2.75) is 45.6 Å². The van der Waals surface area contributed by atoms with Crippen LogP contribution in [0.4, 0.5) is 0 Å². The normalized spacial score (nSPS) is 18.7. The summed E-state index contributed by atoms with van der Waals surface area (Å²) in [5, 5.41) is 0. The van der Waals surface area contributed by atoms with E-state index in [4.69, 9.17) is 0 Å². The predicted octanol–water partition coefficient (Wildman–Crippen LogP) is 3.03. The lowest BCUT2D eigenvalue weighted by Gasteiger charge is -2.30. The number of hydrogen-bond donors (Lipinski definition) is 0. The van der Waals surface area contributed by atoms with Crippen molar-refractivity contribution in [2.75, 3.05) is 7.05 Å². The monoisotopic (exact) mass is 167 g/mol. The molecule has 1 heteroatoms. The van der Waals surface area contributed by atoms with Gasteiger partial charge in [0.1, 0.15) is 0 Å². The van der Waals surface area contributed by atoms with Crippen LogP contribution in [-0.2, 0) is 0 Å². The Morgan fingerprint density at radius 1 is 1.33 bits per heavy atom. The Kier molecular flexibility index (Phi) is 3.19. The average Bonchev–Trinajstić information content (AvgIpc) is 2.53. The van der Waals surface area contributed by atoms with E-state index in [-0.39, 0.29) is 0 Å². The fraction of sp³-hybridized carbons (Fsp3) is 0.818. The average molecular weight is 167 g/mol. The van der Waals surface area contributed by atoms with Crippen molar-refractivity contribution in [2.24, 2.45) is 5.92 Å². The molecule has 0 aliphatic heterocycles. The third kappa shape index (κ3) is 2.02. The highest BCUT2D eigenvalue weighted by molar-refractivity contribution is 4.99. The van der Waals surface area contributed by atoms with Crippen molar-refractivity contribution in [3.05, 3.63) is 12.3 Å². The Morgan fingerprint density at radius 2 is 1.83 bits per heavy atom. The maximum absolute atomic E-state index is 4.12. The van der Waals surface area contributed by atoms with Crippen molar-refractivity contribution in [3.8, 4) is 0 Å². The Morgan fingerprint density at radius 3 is 2.25 bits per heavy atom. The minimum Gasteiger partial charge on any atom is -0.375 e. The van der Waals surface area contributed by atoms with E-state index in [1.807, 2.05) is 0 Å². The highest BCUT2D eigenvalue weighted by Crippen LogP contribution is 2.26. The van der Waals surface area contributed by atoms with E-state index in [9.17, 15) is 0 Å². The molecule has 0 spiro atoms. The molecule has 0 atom stereocenters. The van der Waals surface area contributed by atoms with E-state index in [1.54, 1.807) is 0 Å². The Bertz CT molecular complexity index is 154. The van der Waals surface area contributed by atoms with Crippen LogP contribution in [0.5, 0.6) is 0 Å². The first-order chi connectivity index (χ1) is 5.63. The van der Waals surface area contributed by atoms with Gasteiger partial charge in [-0.25, -0.2) is 0 Å². The number of hydrogen-bond acceptors (Lipinski definition) is 1. The molecule has 0 aromatic heterocycles. The van der Waals surface area contributed by atoms with E-state index < -0.39 is 0 Å². The minimum absolute atomic E-state index is 0.593. The summed E-state index contributed by atoms with van der Waals surface area (Å²) in [5.41, 5.74) is 1.29. The van der Waals surface area contributed by atoms with Gasteiger partial charge in [-0.1, -0.05) is 33.3 Å². The molecule has 12 heavy (non-hydrogen) atoms. The number of rotatable bonds is 3. The fourth-order valence-corrected chi connectivity index (χ4v) is 1.93. The van der Waals surface area contributed by atoms with E-state index >= 15 is 0 Å². The van der Waals surface area contributed by atoms with E-state index in [0.717, 1.165) is 6.04 Å². The molecule has 1 rings (SSSR count). The van der Waals surface area contributed by atoms with Crippen molar-refractivity contribution < 1.29 is 0 Å². The molecule has 1 saturated carbocycles. The largest absolute Gasteiger partial charge is 0.375 e. The first-order valence-corrected chi connectivity index (χ1v) is 5.04. The standard InChI is InChI=1S/C11H21N/c1-9(2)10(3)12(4)11-7-5-6-8-11/h9,11H,3,5-8H2,1-2,4H3. The van der Waals surface area contributed by atoms with Crippen LogP contribution >= 0.6 is 0 Å². The highest BCUT2D eigenvalue weighted by Gasteiger charge is 2.21. The predicted molar refractivity (Wildman–Crippen MR) is 54.0 cm³/mol. The van der Waals surface area contributed by atoms with Crippen LogP contribution in [0.1, 0.15) is 39.5 Å². The second-order valence-electron chi connectivity index (χ2n) is 4.20. The summed E-state index contributed by atoms with van der Waals surface area (Å²) in [7, 11) is 2.19. The van der Waals surface area contributed by atoms with Crippen LogP contribution in [0.3, 0.4) is 0 Å². The molecular formula is C11H21N. The van der Waals surface area contributed by atoms with Crippen molar-refractivity contribution in [3.63, 3.8) is 0 Å². The molecule has 0 aromatic carbocycles. The lowest BCUT2D eigenvalue weighted by atomic mass is 10.1. The Labute approximate surface area is 76.5 Å². The van der Waals surface area contributed by atoms with Crippen LogP contribution in [0.25, 0.3) is 0 Å². The SMILES string of the molecule is C=C(C(C)C)N(C)C1CCCC1. The molecule has 1 aliphatic rings. The number of nitrogens with zero attached hydrogens (tertiary/aromatic N) is 1. The Balaban J connectivity index is 2.45. The van der Waals surface area contributed by atoms with Gasteiger partial charge in [-0.2, -0.15) is 0 Å². The van der Waals surface area contributed by atoms with Crippen LogP contribution in [-0.4, -0.2) is 18.0 Å². The summed E-state index contributed by atoms with van der Waals surface area (Å²) >= 11 is 0. The molecule has 0 N–H and O–H groups in total. The van der Waals surface area contributed by atoms with Crippen molar-refractivity contribution in [1.29, 1.82) is 0 Å². The van der Waals surface area contributed by atoms with Crippen molar-refractivity contribution >= 4 is 0 Å². The second-order valence-corrected chi connectivity index (χ2v) is 4.20. The molecule has 1 fully saturated rings. The summed E-state index contributed by atoms with van der Waals surface area (Å²) in [6, 6.07) is 0.778. The van der Waals surface area contributed by atoms with Crippen LogP contribution in [0.2, 0.25) is 0 Å². The fourth-order valence-electron chi connectivity index (χ4n) is 1.93.